The molecule has 2 nitrogen and oxygen atoms in total. The van der Waals surface area contributed by atoms with Gasteiger partial charge >= 0.3 is 0 Å². The van der Waals surface area contributed by atoms with Gasteiger partial charge < -0.3 is 4.74 Å². The second-order valence-electron chi connectivity index (χ2n) is 4.75. The van der Waals surface area contributed by atoms with Gasteiger partial charge in [-0.3, -0.25) is 4.79 Å². The van der Waals surface area contributed by atoms with Crippen LogP contribution in [-0.2, 0) is 6.42 Å². The zero-order chi connectivity index (χ0) is 15.4. The summed E-state index contributed by atoms with van der Waals surface area (Å²) in [5, 5.41) is 0.485. The highest BCUT2D eigenvalue weighted by Gasteiger charge is 2.18. The van der Waals surface area contributed by atoms with E-state index in [1.807, 2.05) is 30.3 Å². The van der Waals surface area contributed by atoms with Crippen molar-refractivity contribution < 1.29 is 9.53 Å². The fourth-order valence-electron chi connectivity index (χ4n) is 1.95. The summed E-state index contributed by atoms with van der Waals surface area (Å²) in [5.41, 5.74) is 1.85. The first-order valence-electron chi connectivity index (χ1n) is 6.76. The molecule has 0 saturated heterocycles. The molecule has 21 heavy (non-hydrogen) atoms. The zero-order valence-electron chi connectivity index (χ0n) is 11.9. The Bertz CT molecular complexity index is 638. The number of benzene rings is 2. The molecule has 2 aromatic rings. The maximum absolute atomic E-state index is 12.4. The van der Waals surface area contributed by atoms with Crippen molar-refractivity contribution in [3.8, 4) is 5.75 Å². The SMILES string of the molecule is CCc1ccc(C(=O)C(C)Oc2cc(Br)ccc2Cl)cc1. The van der Waals surface area contributed by atoms with Crippen molar-refractivity contribution in [2.45, 2.75) is 26.4 Å². The standard InChI is InChI=1S/C17H16BrClO2/c1-3-12-4-6-13(7-5-12)17(20)11(2)21-16-10-14(18)8-9-15(16)19/h4-11H,3H2,1-2H3. The number of carbonyl (C=O) groups is 1. The first kappa shape index (κ1) is 16.1. The minimum atomic E-state index is -0.593. The number of ether oxygens (including phenoxy) is 1. The lowest BCUT2D eigenvalue weighted by Crippen LogP contribution is -2.24. The number of Topliss-reactive ketones (excluding diaryl/α,β-unsaturated/α-hetero) is 1. The quantitative estimate of drug-likeness (QED) is 0.669. The summed E-state index contributed by atoms with van der Waals surface area (Å²) >= 11 is 9.43. The van der Waals surface area contributed by atoms with Crippen LogP contribution in [0.5, 0.6) is 5.75 Å². The number of hydrogen-bond acceptors (Lipinski definition) is 2. The van der Waals surface area contributed by atoms with Crippen LogP contribution >= 0.6 is 27.5 Å². The van der Waals surface area contributed by atoms with E-state index in [0.29, 0.717) is 16.3 Å². The summed E-state index contributed by atoms with van der Waals surface area (Å²) in [6, 6.07) is 12.9. The van der Waals surface area contributed by atoms with Gasteiger partial charge in [0, 0.05) is 10.0 Å². The molecule has 1 unspecified atom stereocenters. The number of ketones is 1. The first-order valence-corrected chi connectivity index (χ1v) is 7.93. The van der Waals surface area contributed by atoms with Crippen molar-refractivity contribution in [1.82, 2.24) is 0 Å². The lowest BCUT2D eigenvalue weighted by Gasteiger charge is -2.15. The minimum absolute atomic E-state index is 0.0614. The third kappa shape index (κ3) is 4.08. The van der Waals surface area contributed by atoms with Crippen LogP contribution in [0.15, 0.2) is 46.9 Å². The summed E-state index contributed by atoms with van der Waals surface area (Å²) in [6.45, 7) is 3.81. The van der Waals surface area contributed by atoms with Crippen molar-refractivity contribution in [1.29, 1.82) is 0 Å². The van der Waals surface area contributed by atoms with E-state index in [-0.39, 0.29) is 5.78 Å². The molecule has 1 atom stereocenters. The second kappa shape index (κ2) is 7.10. The molecule has 0 aromatic heterocycles. The molecule has 0 aliphatic rings. The van der Waals surface area contributed by atoms with E-state index in [0.717, 1.165) is 10.9 Å². The van der Waals surface area contributed by atoms with Crippen LogP contribution in [0, 0.1) is 0 Å². The molecule has 0 amide bonds. The molecule has 0 fully saturated rings. The number of hydrogen-bond donors (Lipinski definition) is 0. The number of aryl methyl sites for hydroxylation is 1. The van der Waals surface area contributed by atoms with Gasteiger partial charge in [-0.15, -0.1) is 0 Å². The zero-order valence-corrected chi connectivity index (χ0v) is 14.2. The summed E-state index contributed by atoms with van der Waals surface area (Å²) in [6.07, 6.45) is 0.359. The Morgan fingerprint density at radius 3 is 2.52 bits per heavy atom. The van der Waals surface area contributed by atoms with Crippen LogP contribution in [0.3, 0.4) is 0 Å². The van der Waals surface area contributed by atoms with Gasteiger partial charge in [0.15, 0.2) is 6.10 Å². The van der Waals surface area contributed by atoms with E-state index in [4.69, 9.17) is 16.3 Å². The molecule has 0 N–H and O–H groups in total. The topological polar surface area (TPSA) is 26.3 Å². The molecule has 0 spiro atoms. The average molecular weight is 368 g/mol. The van der Waals surface area contributed by atoms with Gasteiger partial charge in [-0.05, 0) is 37.1 Å². The Hall–Kier alpha value is -1.32. The molecule has 0 saturated carbocycles. The predicted octanol–water partition coefficient (Wildman–Crippen LogP) is 5.32. The maximum Gasteiger partial charge on any atom is 0.202 e. The Balaban J connectivity index is 2.13. The molecular weight excluding hydrogens is 352 g/mol. The molecule has 0 heterocycles. The molecule has 0 radical (unpaired) electrons. The van der Waals surface area contributed by atoms with E-state index in [2.05, 4.69) is 22.9 Å². The predicted molar refractivity (Wildman–Crippen MR) is 89.4 cm³/mol. The summed E-state index contributed by atoms with van der Waals surface area (Å²) in [7, 11) is 0. The molecule has 0 bridgehead atoms. The Morgan fingerprint density at radius 2 is 1.90 bits per heavy atom. The first-order chi connectivity index (χ1) is 10.0. The lowest BCUT2D eigenvalue weighted by molar-refractivity contribution is 0.0818. The van der Waals surface area contributed by atoms with Crippen LogP contribution in [-0.4, -0.2) is 11.9 Å². The van der Waals surface area contributed by atoms with Crippen LogP contribution < -0.4 is 4.74 Å². The van der Waals surface area contributed by atoms with Gasteiger partial charge in [0.25, 0.3) is 0 Å². The number of halogens is 2. The van der Waals surface area contributed by atoms with E-state index < -0.39 is 6.10 Å². The molecule has 110 valence electrons. The van der Waals surface area contributed by atoms with Crippen molar-refractivity contribution in [3.05, 3.63) is 63.1 Å². The van der Waals surface area contributed by atoms with Crippen molar-refractivity contribution in [3.63, 3.8) is 0 Å². The van der Waals surface area contributed by atoms with Gasteiger partial charge in [0.1, 0.15) is 5.75 Å². The van der Waals surface area contributed by atoms with Crippen LogP contribution in [0.4, 0.5) is 0 Å². The monoisotopic (exact) mass is 366 g/mol. The fraction of sp³-hybridized carbons (Fsp3) is 0.235. The van der Waals surface area contributed by atoms with Crippen molar-refractivity contribution in [2.24, 2.45) is 0 Å². The van der Waals surface area contributed by atoms with E-state index >= 15 is 0 Å². The third-order valence-corrected chi connectivity index (χ3v) is 4.02. The number of rotatable bonds is 5. The second-order valence-corrected chi connectivity index (χ2v) is 6.07. The largest absolute Gasteiger partial charge is 0.481 e. The third-order valence-electron chi connectivity index (χ3n) is 3.21. The molecule has 0 aliphatic carbocycles. The highest BCUT2D eigenvalue weighted by molar-refractivity contribution is 9.10. The highest BCUT2D eigenvalue weighted by Crippen LogP contribution is 2.29. The van der Waals surface area contributed by atoms with Crippen LogP contribution in [0.2, 0.25) is 5.02 Å². The minimum Gasteiger partial charge on any atom is -0.481 e. The fourth-order valence-corrected chi connectivity index (χ4v) is 2.45. The molecule has 2 aromatic carbocycles. The Morgan fingerprint density at radius 1 is 1.24 bits per heavy atom. The van der Waals surface area contributed by atoms with E-state index in [1.165, 1.54) is 5.56 Å². The average Bonchev–Trinajstić information content (AvgIpc) is 2.50. The van der Waals surface area contributed by atoms with Gasteiger partial charge in [-0.25, -0.2) is 0 Å². The molecule has 2 rings (SSSR count). The Kier molecular flexibility index (Phi) is 5.43. The smallest absolute Gasteiger partial charge is 0.202 e. The van der Waals surface area contributed by atoms with E-state index in [9.17, 15) is 4.79 Å². The molecule has 0 aliphatic heterocycles. The van der Waals surface area contributed by atoms with E-state index in [1.54, 1.807) is 19.1 Å². The normalized spacial score (nSPS) is 12.0. The highest BCUT2D eigenvalue weighted by atomic mass is 79.9. The number of carbonyl (C=O) groups excluding carboxylic acids is 1. The van der Waals surface area contributed by atoms with Gasteiger partial charge in [0.2, 0.25) is 5.78 Å². The summed E-state index contributed by atoms with van der Waals surface area (Å²) < 4.78 is 6.54. The van der Waals surface area contributed by atoms with Crippen LogP contribution in [0.1, 0.15) is 29.8 Å². The maximum atomic E-state index is 12.4. The summed E-state index contributed by atoms with van der Waals surface area (Å²) in [4.78, 5) is 12.4. The van der Waals surface area contributed by atoms with Crippen LogP contribution in [0.25, 0.3) is 0 Å². The van der Waals surface area contributed by atoms with Gasteiger partial charge in [0.05, 0.1) is 5.02 Å². The van der Waals surface area contributed by atoms with Gasteiger partial charge in [-0.1, -0.05) is 58.7 Å². The summed E-state index contributed by atoms with van der Waals surface area (Å²) in [5.74, 6) is 0.436. The Labute approximate surface area is 138 Å². The van der Waals surface area contributed by atoms with Gasteiger partial charge in [-0.2, -0.15) is 0 Å². The van der Waals surface area contributed by atoms with Crippen molar-refractivity contribution in [2.75, 3.05) is 0 Å². The molecule has 4 heteroatoms. The lowest BCUT2D eigenvalue weighted by atomic mass is 10.0. The van der Waals surface area contributed by atoms with Crippen molar-refractivity contribution >= 4 is 33.3 Å². The molecular formula is C17H16BrClO2.